The molecule has 0 unspecified atom stereocenters. The van der Waals surface area contributed by atoms with Gasteiger partial charge in [-0.3, -0.25) is 0 Å². The number of rotatable bonds is 3. The summed E-state index contributed by atoms with van der Waals surface area (Å²) in [6.45, 7) is 1.83. The second-order valence-corrected chi connectivity index (χ2v) is 4.49. The summed E-state index contributed by atoms with van der Waals surface area (Å²) < 4.78 is 5.10. The van der Waals surface area contributed by atoms with Crippen molar-refractivity contribution in [1.29, 1.82) is 5.26 Å². The molecule has 1 saturated heterocycles. The first kappa shape index (κ1) is 11.9. The van der Waals surface area contributed by atoms with E-state index in [9.17, 15) is 5.26 Å². The van der Waals surface area contributed by atoms with Crippen molar-refractivity contribution in [2.24, 2.45) is 5.41 Å². The second kappa shape index (κ2) is 5.15. The third kappa shape index (κ3) is 2.75. The van der Waals surface area contributed by atoms with Gasteiger partial charge in [-0.25, -0.2) is 4.98 Å². The summed E-state index contributed by atoms with van der Waals surface area (Å²) in [5.74, 6) is 0.615. The van der Waals surface area contributed by atoms with Crippen molar-refractivity contribution in [3.63, 3.8) is 0 Å². The van der Waals surface area contributed by atoms with E-state index < -0.39 is 0 Å². The molecule has 0 atom stereocenters. The van der Waals surface area contributed by atoms with Crippen molar-refractivity contribution in [2.75, 3.05) is 20.2 Å². The van der Waals surface area contributed by atoms with E-state index in [1.165, 1.54) is 0 Å². The van der Waals surface area contributed by atoms with Crippen molar-refractivity contribution in [1.82, 2.24) is 10.3 Å². The highest BCUT2D eigenvalue weighted by Gasteiger charge is 2.32. The van der Waals surface area contributed by atoms with Gasteiger partial charge in [-0.2, -0.15) is 5.26 Å². The molecular formula is C13H17N3O. The lowest BCUT2D eigenvalue weighted by Crippen LogP contribution is -2.37. The lowest BCUT2D eigenvalue weighted by Gasteiger charge is -2.30. The van der Waals surface area contributed by atoms with Gasteiger partial charge in [-0.15, -0.1) is 0 Å². The van der Waals surface area contributed by atoms with E-state index in [4.69, 9.17) is 4.74 Å². The van der Waals surface area contributed by atoms with E-state index in [1.807, 2.05) is 18.2 Å². The maximum absolute atomic E-state index is 9.39. The van der Waals surface area contributed by atoms with E-state index in [2.05, 4.69) is 16.4 Å². The molecule has 0 amide bonds. The Morgan fingerprint density at radius 3 is 2.88 bits per heavy atom. The molecule has 2 rings (SSSR count). The number of nitrogens with zero attached hydrogens (tertiary/aromatic N) is 2. The summed E-state index contributed by atoms with van der Waals surface area (Å²) in [6, 6.07) is 8.19. The maximum Gasteiger partial charge on any atom is 0.213 e. The Labute approximate surface area is 102 Å². The molecule has 1 N–H and O–H groups in total. The molecule has 0 aliphatic carbocycles. The van der Waals surface area contributed by atoms with Crippen LogP contribution in [0, 0.1) is 16.7 Å². The van der Waals surface area contributed by atoms with Crippen LogP contribution < -0.4 is 10.1 Å². The van der Waals surface area contributed by atoms with Crippen LogP contribution in [0.1, 0.15) is 18.5 Å². The molecule has 1 aliphatic rings. The van der Waals surface area contributed by atoms with Crippen molar-refractivity contribution in [3.8, 4) is 11.9 Å². The van der Waals surface area contributed by atoms with Crippen LogP contribution >= 0.6 is 0 Å². The van der Waals surface area contributed by atoms with Crippen molar-refractivity contribution >= 4 is 0 Å². The maximum atomic E-state index is 9.39. The normalized spacial score (nSPS) is 18.4. The first-order valence-corrected chi connectivity index (χ1v) is 5.90. The molecule has 2 heterocycles. The molecule has 0 radical (unpaired) electrons. The smallest absolute Gasteiger partial charge is 0.213 e. The molecule has 4 nitrogen and oxygen atoms in total. The first-order valence-electron chi connectivity index (χ1n) is 5.90. The molecule has 17 heavy (non-hydrogen) atoms. The SMILES string of the molecule is COc1cccc(CC2(C#N)CCNCC2)n1. The highest BCUT2D eigenvalue weighted by atomic mass is 16.5. The summed E-state index contributed by atoms with van der Waals surface area (Å²) >= 11 is 0. The van der Waals surface area contributed by atoms with Crippen LogP contribution in [-0.2, 0) is 6.42 Å². The van der Waals surface area contributed by atoms with Gasteiger partial charge in [-0.1, -0.05) is 6.07 Å². The number of nitrogens with one attached hydrogen (secondary N) is 1. The van der Waals surface area contributed by atoms with Gasteiger partial charge in [0.1, 0.15) is 0 Å². The molecular weight excluding hydrogens is 214 g/mol. The third-order valence-electron chi connectivity index (χ3n) is 3.31. The minimum atomic E-state index is -0.259. The topological polar surface area (TPSA) is 57.9 Å². The molecule has 1 fully saturated rings. The molecule has 0 aromatic carbocycles. The Morgan fingerprint density at radius 2 is 2.24 bits per heavy atom. The van der Waals surface area contributed by atoms with Gasteiger partial charge in [-0.05, 0) is 32.0 Å². The standard InChI is InChI=1S/C13H17N3O/c1-17-12-4-2-3-11(16-12)9-13(10-14)5-7-15-8-6-13/h2-4,15H,5-9H2,1H3. The molecule has 0 spiro atoms. The number of hydrogen-bond donors (Lipinski definition) is 1. The van der Waals surface area contributed by atoms with Gasteiger partial charge in [0, 0.05) is 18.2 Å². The van der Waals surface area contributed by atoms with Crippen LogP contribution in [0.15, 0.2) is 18.2 Å². The molecule has 1 aliphatic heterocycles. The van der Waals surface area contributed by atoms with Crippen LogP contribution in [0.25, 0.3) is 0 Å². The zero-order valence-corrected chi connectivity index (χ0v) is 10.1. The molecule has 1 aromatic rings. The summed E-state index contributed by atoms with van der Waals surface area (Å²) in [4.78, 5) is 4.38. The van der Waals surface area contributed by atoms with Gasteiger partial charge in [0.15, 0.2) is 0 Å². The average molecular weight is 231 g/mol. The van der Waals surface area contributed by atoms with Crippen LogP contribution in [0.4, 0.5) is 0 Å². The fourth-order valence-electron chi connectivity index (χ4n) is 2.25. The van der Waals surface area contributed by atoms with Gasteiger partial charge in [0.25, 0.3) is 0 Å². The van der Waals surface area contributed by atoms with Crippen molar-refractivity contribution in [2.45, 2.75) is 19.3 Å². The average Bonchev–Trinajstić information content (AvgIpc) is 2.40. The molecule has 90 valence electrons. The Morgan fingerprint density at radius 1 is 1.47 bits per heavy atom. The van der Waals surface area contributed by atoms with Crippen LogP contribution in [0.3, 0.4) is 0 Å². The minimum Gasteiger partial charge on any atom is -0.481 e. The van der Waals surface area contributed by atoms with Gasteiger partial charge < -0.3 is 10.1 Å². The highest BCUT2D eigenvalue weighted by Crippen LogP contribution is 2.31. The van der Waals surface area contributed by atoms with E-state index in [0.29, 0.717) is 12.3 Å². The Kier molecular flexibility index (Phi) is 3.60. The summed E-state index contributed by atoms with van der Waals surface area (Å²) in [7, 11) is 1.61. The fourth-order valence-corrected chi connectivity index (χ4v) is 2.25. The zero-order valence-electron chi connectivity index (χ0n) is 10.1. The van der Waals surface area contributed by atoms with Crippen molar-refractivity contribution < 1.29 is 4.74 Å². The fraction of sp³-hybridized carbons (Fsp3) is 0.538. The quantitative estimate of drug-likeness (QED) is 0.857. The number of nitriles is 1. The molecule has 1 aromatic heterocycles. The highest BCUT2D eigenvalue weighted by molar-refractivity contribution is 5.19. The summed E-state index contributed by atoms with van der Waals surface area (Å²) in [6.07, 6.45) is 2.49. The van der Waals surface area contributed by atoms with E-state index >= 15 is 0 Å². The number of methoxy groups -OCH3 is 1. The molecule has 0 bridgehead atoms. The Balaban J connectivity index is 2.15. The molecule has 0 saturated carbocycles. The van der Waals surface area contributed by atoms with Crippen molar-refractivity contribution in [3.05, 3.63) is 23.9 Å². The van der Waals surface area contributed by atoms with E-state index in [-0.39, 0.29) is 5.41 Å². The van der Waals surface area contributed by atoms with Gasteiger partial charge in [0.05, 0.1) is 18.6 Å². The molecule has 4 heteroatoms. The minimum absolute atomic E-state index is 0.259. The van der Waals surface area contributed by atoms with Crippen LogP contribution in [-0.4, -0.2) is 25.2 Å². The Bertz CT molecular complexity index is 419. The second-order valence-electron chi connectivity index (χ2n) is 4.49. The number of pyridine rings is 1. The largest absolute Gasteiger partial charge is 0.481 e. The first-order chi connectivity index (χ1) is 8.28. The monoisotopic (exact) mass is 231 g/mol. The lowest BCUT2D eigenvalue weighted by molar-refractivity contribution is 0.277. The number of piperidine rings is 1. The summed E-state index contributed by atoms with van der Waals surface area (Å²) in [5, 5.41) is 12.7. The van der Waals surface area contributed by atoms with E-state index in [1.54, 1.807) is 7.11 Å². The third-order valence-corrected chi connectivity index (χ3v) is 3.31. The predicted octanol–water partition coefficient (Wildman–Crippen LogP) is 1.53. The predicted molar refractivity (Wildman–Crippen MR) is 64.6 cm³/mol. The van der Waals surface area contributed by atoms with Crippen LogP contribution in [0.2, 0.25) is 0 Å². The van der Waals surface area contributed by atoms with Gasteiger partial charge >= 0.3 is 0 Å². The zero-order chi connectivity index (χ0) is 12.1. The van der Waals surface area contributed by atoms with E-state index in [0.717, 1.165) is 31.6 Å². The number of aromatic nitrogens is 1. The number of ether oxygens (including phenoxy) is 1. The Hall–Kier alpha value is -1.60. The summed E-state index contributed by atoms with van der Waals surface area (Å²) in [5.41, 5.74) is 0.678. The van der Waals surface area contributed by atoms with Gasteiger partial charge in [0.2, 0.25) is 5.88 Å². The lowest BCUT2D eigenvalue weighted by atomic mass is 9.76. The van der Waals surface area contributed by atoms with Crippen LogP contribution in [0.5, 0.6) is 5.88 Å². The number of hydrogen-bond acceptors (Lipinski definition) is 4.